The molecule has 0 fully saturated rings. The SMILES string of the molecule is Cc1ccccc1-n1nc(-c2c(NC[C@H](CO)OCc3ccccc3)n[nH]c2-c2ccc(F)cc2F)ccc1=O. The first-order valence-electron chi connectivity index (χ1n) is 12.7. The van der Waals surface area contributed by atoms with Crippen LogP contribution in [0.25, 0.3) is 28.2 Å². The smallest absolute Gasteiger partial charge is 0.271 e. The van der Waals surface area contributed by atoms with Crippen molar-refractivity contribution in [3.05, 3.63) is 118 Å². The van der Waals surface area contributed by atoms with E-state index in [2.05, 4.69) is 20.6 Å². The predicted molar refractivity (Wildman–Crippen MR) is 148 cm³/mol. The van der Waals surface area contributed by atoms with Gasteiger partial charge in [0.2, 0.25) is 0 Å². The molecule has 0 amide bonds. The molecule has 0 spiro atoms. The minimum atomic E-state index is -0.789. The summed E-state index contributed by atoms with van der Waals surface area (Å²) >= 11 is 0. The second-order valence-corrected chi connectivity index (χ2v) is 9.18. The zero-order valence-corrected chi connectivity index (χ0v) is 21.6. The van der Waals surface area contributed by atoms with E-state index in [-0.39, 0.29) is 30.0 Å². The van der Waals surface area contributed by atoms with Crippen LogP contribution in [-0.4, -0.2) is 44.3 Å². The van der Waals surface area contributed by atoms with Crippen molar-refractivity contribution < 1.29 is 18.6 Å². The normalized spacial score (nSPS) is 11.9. The molecule has 40 heavy (non-hydrogen) atoms. The van der Waals surface area contributed by atoms with Crippen LogP contribution in [0.5, 0.6) is 0 Å². The first-order valence-corrected chi connectivity index (χ1v) is 12.7. The van der Waals surface area contributed by atoms with Gasteiger partial charge in [0, 0.05) is 24.2 Å². The number of aromatic nitrogens is 4. The molecule has 0 bridgehead atoms. The Morgan fingerprint density at radius 2 is 1.80 bits per heavy atom. The molecule has 3 aromatic carbocycles. The van der Waals surface area contributed by atoms with E-state index in [1.54, 1.807) is 12.1 Å². The lowest BCUT2D eigenvalue weighted by molar-refractivity contribution is 0.0109. The zero-order valence-electron chi connectivity index (χ0n) is 21.6. The van der Waals surface area contributed by atoms with E-state index in [0.717, 1.165) is 23.3 Å². The van der Waals surface area contributed by atoms with Crippen molar-refractivity contribution in [1.82, 2.24) is 20.0 Å². The third-order valence-corrected chi connectivity index (χ3v) is 6.40. The molecule has 2 aromatic heterocycles. The number of aryl methyl sites for hydroxylation is 1. The Kier molecular flexibility index (Phi) is 8.09. The van der Waals surface area contributed by atoms with E-state index in [1.165, 1.54) is 22.9 Å². The Labute approximate surface area is 228 Å². The minimum absolute atomic E-state index is 0.0754. The molecule has 3 N–H and O–H groups in total. The fourth-order valence-electron chi connectivity index (χ4n) is 4.30. The van der Waals surface area contributed by atoms with Crippen molar-refractivity contribution in [2.24, 2.45) is 0 Å². The molecule has 0 aliphatic carbocycles. The number of hydrogen-bond acceptors (Lipinski definition) is 6. The maximum atomic E-state index is 14.9. The average Bonchev–Trinajstić information content (AvgIpc) is 3.38. The van der Waals surface area contributed by atoms with Crippen molar-refractivity contribution in [3.8, 4) is 28.2 Å². The molecule has 5 rings (SSSR count). The number of aliphatic hydroxyl groups excluding tert-OH is 1. The van der Waals surface area contributed by atoms with Gasteiger partial charge in [0.25, 0.3) is 5.56 Å². The van der Waals surface area contributed by atoms with Crippen molar-refractivity contribution in [3.63, 3.8) is 0 Å². The Hall–Kier alpha value is -4.67. The minimum Gasteiger partial charge on any atom is -0.394 e. The number of hydrogen-bond donors (Lipinski definition) is 3. The van der Waals surface area contributed by atoms with Gasteiger partial charge in [0.1, 0.15) is 11.6 Å². The number of para-hydroxylation sites is 1. The van der Waals surface area contributed by atoms with E-state index >= 15 is 0 Å². The van der Waals surface area contributed by atoms with Gasteiger partial charge in [-0.05, 0) is 42.3 Å². The van der Waals surface area contributed by atoms with Crippen molar-refractivity contribution in [2.45, 2.75) is 19.6 Å². The van der Waals surface area contributed by atoms with Crippen molar-refractivity contribution in [2.75, 3.05) is 18.5 Å². The summed E-state index contributed by atoms with van der Waals surface area (Å²) in [6.07, 6.45) is -0.579. The third kappa shape index (κ3) is 5.83. The van der Waals surface area contributed by atoms with Gasteiger partial charge >= 0.3 is 0 Å². The molecule has 0 unspecified atom stereocenters. The largest absolute Gasteiger partial charge is 0.394 e. The lowest BCUT2D eigenvalue weighted by Gasteiger charge is -2.17. The number of anilines is 1. The Morgan fingerprint density at radius 3 is 2.55 bits per heavy atom. The van der Waals surface area contributed by atoms with E-state index in [1.807, 2.05) is 49.4 Å². The van der Waals surface area contributed by atoms with Gasteiger partial charge < -0.3 is 15.2 Å². The van der Waals surface area contributed by atoms with Crippen LogP contribution < -0.4 is 10.9 Å². The highest BCUT2D eigenvalue weighted by Crippen LogP contribution is 2.36. The lowest BCUT2D eigenvalue weighted by atomic mass is 10.0. The van der Waals surface area contributed by atoms with Crippen molar-refractivity contribution in [1.29, 1.82) is 0 Å². The molecule has 0 aliphatic heterocycles. The summed E-state index contributed by atoms with van der Waals surface area (Å²) in [6.45, 7) is 2.08. The van der Waals surface area contributed by atoms with Gasteiger partial charge in [-0.3, -0.25) is 9.89 Å². The molecule has 10 heteroatoms. The van der Waals surface area contributed by atoms with Gasteiger partial charge in [-0.2, -0.15) is 14.9 Å². The number of H-pyrrole nitrogens is 1. The standard InChI is InChI=1S/C30H27F2N5O3/c1-19-7-5-6-10-26(19)37-27(39)14-13-25(36-37)28-29(23-12-11-21(31)15-24(23)32)34-35-30(28)33-16-22(17-38)40-18-20-8-3-2-4-9-20/h2-15,22,38H,16-18H2,1H3,(H2,33,34,35)/t22-/m1/s1. The average molecular weight is 544 g/mol. The molecule has 0 aliphatic rings. The number of aliphatic hydroxyl groups is 1. The highest BCUT2D eigenvalue weighted by molar-refractivity contribution is 5.87. The summed E-state index contributed by atoms with van der Waals surface area (Å²) in [5, 5.41) is 24.8. The Bertz CT molecular complexity index is 1670. The van der Waals surface area contributed by atoms with Crippen LogP contribution in [0.15, 0.2) is 89.7 Å². The second kappa shape index (κ2) is 12.0. The molecule has 2 heterocycles. The van der Waals surface area contributed by atoms with Gasteiger partial charge in [-0.15, -0.1) is 0 Å². The van der Waals surface area contributed by atoms with Crippen LogP contribution in [0.3, 0.4) is 0 Å². The number of nitrogens with zero attached hydrogens (tertiary/aromatic N) is 3. The summed E-state index contributed by atoms with van der Waals surface area (Å²) in [6, 6.07) is 23.0. The molecule has 8 nitrogen and oxygen atoms in total. The summed E-state index contributed by atoms with van der Waals surface area (Å²) in [5.74, 6) is -1.21. The first-order chi connectivity index (χ1) is 19.4. The van der Waals surface area contributed by atoms with Crippen LogP contribution >= 0.6 is 0 Å². The number of rotatable bonds is 10. The number of ether oxygens (including phenoxy) is 1. The third-order valence-electron chi connectivity index (χ3n) is 6.40. The number of benzene rings is 3. The fraction of sp³-hybridized carbons (Fsp3) is 0.167. The summed E-state index contributed by atoms with van der Waals surface area (Å²) in [4.78, 5) is 12.8. The molecular weight excluding hydrogens is 516 g/mol. The Balaban J connectivity index is 1.52. The van der Waals surface area contributed by atoms with Crippen LogP contribution in [0.2, 0.25) is 0 Å². The van der Waals surface area contributed by atoms with Crippen LogP contribution in [0.4, 0.5) is 14.6 Å². The Morgan fingerprint density at radius 1 is 1.02 bits per heavy atom. The van der Waals surface area contributed by atoms with Crippen LogP contribution in [-0.2, 0) is 11.3 Å². The molecule has 5 aromatic rings. The van der Waals surface area contributed by atoms with Gasteiger partial charge in [-0.25, -0.2) is 8.78 Å². The summed E-state index contributed by atoms with van der Waals surface area (Å²) in [5.41, 5.74) is 3.05. The zero-order chi connectivity index (χ0) is 28.1. The summed E-state index contributed by atoms with van der Waals surface area (Å²) < 4.78 is 35.7. The highest BCUT2D eigenvalue weighted by Gasteiger charge is 2.22. The van der Waals surface area contributed by atoms with Crippen molar-refractivity contribution >= 4 is 5.82 Å². The number of aromatic amines is 1. The van der Waals surface area contributed by atoms with E-state index < -0.39 is 17.7 Å². The monoisotopic (exact) mass is 543 g/mol. The topological polar surface area (TPSA) is 105 Å². The van der Waals surface area contributed by atoms with E-state index in [0.29, 0.717) is 29.4 Å². The molecule has 0 saturated heterocycles. The second-order valence-electron chi connectivity index (χ2n) is 9.18. The van der Waals surface area contributed by atoms with Crippen LogP contribution in [0, 0.1) is 18.6 Å². The number of halogens is 2. The van der Waals surface area contributed by atoms with Gasteiger partial charge in [-0.1, -0.05) is 48.5 Å². The van der Waals surface area contributed by atoms with E-state index in [4.69, 9.17) is 4.74 Å². The lowest BCUT2D eigenvalue weighted by Crippen LogP contribution is -2.27. The number of nitrogens with one attached hydrogen (secondary N) is 2. The quantitative estimate of drug-likeness (QED) is 0.232. The predicted octanol–water partition coefficient (Wildman–Crippen LogP) is 4.87. The molecule has 1 atom stereocenters. The maximum Gasteiger partial charge on any atom is 0.271 e. The molecule has 204 valence electrons. The van der Waals surface area contributed by atoms with Gasteiger partial charge in [0.15, 0.2) is 5.82 Å². The molecule has 0 saturated carbocycles. The molecular formula is C30H27F2N5O3. The fourth-order valence-corrected chi connectivity index (χ4v) is 4.30. The first kappa shape index (κ1) is 26.9. The van der Waals surface area contributed by atoms with E-state index in [9.17, 15) is 18.7 Å². The maximum absolute atomic E-state index is 14.9. The van der Waals surface area contributed by atoms with Crippen LogP contribution in [0.1, 0.15) is 11.1 Å². The summed E-state index contributed by atoms with van der Waals surface area (Å²) in [7, 11) is 0. The molecule has 0 radical (unpaired) electrons. The van der Waals surface area contributed by atoms with Gasteiger partial charge in [0.05, 0.1) is 42.0 Å². The highest BCUT2D eigenvalue weighted by atomic mass is 19.1.